The summed E-state index contributed by atoms with van der Waals surface area (Å²) < 4.78 is 42.2. The van der Waals surface area contributed by atoms with Crippen molar-refractivity contribution in [1.82, 2.24) is 0 Å². The zero-order valence-electron chi connectivity index (χ0n) is 9.44. The van der Waals surface area contributed by atoms with E-state index in [1.54, 1.807) is 0 Å². The van der Waals surface area contributed by atoms with Gasteiger partial charge in [-0.2, -0.15) is 0 Å². The van der Waals surface area contributed by atoms with Crippen molar-refractivity contribution in [2.24, 2.45) is 0 Å². The summed E-state index contributed by atoms with van der Waals surface area (Å²) in [5.74, 6) is -0.842. The van der Waals surface area contributed by atoms with Gasteiger partial charge in [-0.1, -0.05) is 0 Å². The number of benzene rings is 1. The lowest BCUT2D eigenvalue weighted by Gasteiger charge is -2.10. The highest BCUT2D eigenvalue weighted by Gasteiger charge is 2.22. The van der Waals surface area contributed by atoms with Crippen LogP contribution in [0.3, 0.4) is 0 Å². The van der Waals surface area contributed by atoms with Crippen molar-refractivity contribution in [2.75, 3.05) is 0 Å². The third-order valence-corrected chi connectivity index (χ3v) is 2.58. The summed E-state index contributed by atoms with van der Waals surface area (Å²) in [4.78, 5) is 11.2. The largest absolute Gasteiger partial charge is 0.508 e. The predicted molar refractivity (Wildman–Crippen MR) is 60.4 cm³/mol. The molecule has 1 aromatic heterocycles. The van der Waals surface area contributed by atoms with Crippen LogP contribution in [0.5, 0.6) is 11.5 Å². The molecule has 0 saturated heterocycles. The van der Waals surface area contributed by atoms with E-state index in [-0.39, 0.29) is 22.3 Å². The van der Waals surface area contributed by atoms with Gasteiger partial charge in [-0.05, 0) is 5.56 Å². The molecular weight excluding hydrogens is 265 g/mol. The van der Waals surface area contributed by atoms with Crippen LogP contribution in [0.4, 0.5) is 13.2 Å². The van der Waals surface area contributed by atoms with Crippen molar-refractivity contribution in [3.05, 3.63) is 34.2 Å². The molecule has 1 atom stereocenters. The molecule has 102 valence electrons. The van der Waals surface area contributed by atoms with Crippen LogP contribution in [0.25, 0.3) is 11.0 Å². The fraction of sp³-hybridized carbons (Fsp3) is 0.250. The Bertz CT molecular complexity index is 666. The fourth-order valence-corrected chi connectivity index (χ4v) is 1.80. The SMILES string of the molecule is O=c1cc(CC(F)C(F)F)c2c(O)cc(O)cc2o1. The van der Waals surface area contributed by atoms with Gasteiger partial charge in [0.15, 0.2) is 6.17 Å². The highest BCUT2D eigenvalue weighted by atomic mass is 19.3. The van der Waals surface area contributed by atoms with E-state index in [4.69, 9.17) is 4.42 Å². The van der Waals surface area contributed by atoms with Crippen LogP contribution in [0, 0.1) is 0 Å². The molecule has 0 saturated carbocycles. The number of halogens is 3. The van der Waals surface area contributed by atoms with Crippen LogP contribution in [-0.4, -0.2) is 22.8 Å². The Morgan fingerprint density at radius 2 is 1.84 bits per heavy atom. The van der Waals surface area contributed by atoms with Crippen LogP contribution in [0.1, 0.15) is 5.56 Å². The van der Waals surface area contributed by atoms with Gasteiger partial charge in [-0.15, -0.1) is 0 Å². The lowest BCUT2D eigenvalue weighted by molar-refractivity contribution is 0.0504. The predicted octanol–water partition coefficient (Wildman–Crippen LogP) is 2.35. The molecule has 0 radical (unpaired) electrons. The van der Waals surface area contributed by atoms with Crippen molar-refractivity contribution in [3.8, 4) is 11.5 Å². The van der Waals surface area contributed by atoms with E-state index in [0.717, 1.165) is 18.2 Å². The Morgan fingerprint density at radius 3 is 2.47 bits per heavy atom. The number of rotatable bonds is 3. The third kappa shape index (κ3) is 2.64. The normalized spacial score (nSPS) is 13.1. The first-order valence-corrected chi connectivity index (χ1v) is 5.29. The standard InChI is InChI=1S/C12H9F3O4/c13-7(12(14)15)1-5-2-10(18)19-9-4-6(16)3-8(17)11(5)9/h2-4,7,12,16-17H,1H2. The Morgan fingerprint density at radius 1 is 1.16 bits per heavy atom. The Labute approximate surface area is 104 Å². The van der Waals surface area contributed by atoms with E-state index in [9.17, 15) is 28.2 Å². The molecule has 0 aliphatic heterocycles. The molecule has 1 heterocycles. The van der Waals surface area contributed by atoms with Gasteiger partial charge >= 0.3 is 5.63 Å². The molecule has 0 spiro atoms. The molecule has 0 aliphatic carbocycles. The number of phenolic OH excluding ortho intramolecular Hbond substituents is 2. The first kappa shape index (κ1) is 13.3. The highest BCUT2D eigenvalue weighted by molar-refractivity contribution is 5.87. The van der Waals surface area contributed by atoms with Crippen molar-refractivity contribution >= 4 is 11.0 Å². The number of hydrogen-bond donors (Lipinski definition) is 2. The van der Waals surface area contributed by atoms with Crippen LogP contribution < -0.4 is 5.63 Å². The summed E-state index contributed by atoms with van der Waals surface area (Å²) in [6, 6.07) is 2.82. The van der Waals surface area contributed by atoms with Gasteiger partial charge in [0.1, 0.15) is 17.1 Å². The molecule has 4 nitrogen and oxygen atoms in total. The van der Waals surface area contributed by atoms with Gasteiger partial charge in [-0.3, -0.25) is 0 Å². The van der Waals surface area contributed by atoms with E-state index < -0.39 is 30.4 Å². The lowest BCUT2D eigenvalue weighted by Crippen LogP contribution is -2.16. The number of hydrogen-bond acceptors (Lipinski definition) is 4. The quantitative estimate of drug-likeness (QED) is 0.843. The van der Waals surface area contributed by atoms with Gasteiger partial charge < -0.3 is 14.6 Å². The Hall–Kier alpha value is -2.18. The Balaban J connectivity index is 2.63. The average Bonchev–Trinajstić information content (AvgIpc) is 2.26. The number of alkyl halides is 3. The smallest absolute Gasteiger partial charge is 0.336 e. The second-order valence-corrected chi connectivity index (χ2v) is 3.98. The minimum Gasteiger partial charge on any atom is -0.508 e. The molecule has 2 rings (SSSR count). The molecule has 0 fully saturated rings. The maximum absolute atomic E-state index is 13.1. The van der Waals surface area contributed by atoms with Gasteiger partial charge in [0.05, 0.1) is 5.39 Å². The summed E-state index contributed by atoms with van der Waals surface area (Å²) >= 11 is 0. The molecule has 2 N–H and O–H groups in total. The molecule has 7 heteroatoms. The monoisotopic (exact) mass is 274 g/mol. The van der Waals surface area contributed by atoms with Crippen molar-refractivity contribution in [3.63, 3.8) is 0 Å². The van der Waals surface area contributed by atoms with E-state index in [1.165, 1.54) is 0 Å². The highest BCUT2D eigenvalue weighted by Crippen LogP contribution is 2.32. The number of fused-ring (bicyclic) bond motifs is 1. The summed E-state index contributed by atoms with van der Waals surface area (Å²) in [5, 5.41) is 18.8. The van der Waals surface area contributed by atoms with Crippen molar-refractivity contribution in [1.29, 1.82) is 0 Å². The first-order chi connectivity index (χ1) is 8.88. The molecule has 1 unspecified atom stereocenters. The maximum Gasteiger partial charge on any atom is 0.336 e. The molecule has 0 bridgehead atoms. The topological polar surface area (TPSA) is 70.7 Å². The maximum atomic E-state index is 13.1. The van der Waals surface area contributed by atoms with Crippen LogP contribution in [0.15, 0.2) is 27.4 Å². The second kappa shape index (κ2) is 4.83. The Kier molecular flexibility index (Phi) is 3.37. The van der Waals surface area contributed by atoms with Gasteiger partial charge in [0, 0.05) is 24.6 Å². The fourth-order valence-electron chi connectivity index (χ4n) is 1.80. The lowest BCUT2D eigenvalue weighted by atomic mass is 10.0. The minimum atomic E-state index is -3.19. The van der Waals surface area contributed by atoms with Crippen LogP contribution >= 0.6 is 0 Å². The summed E-state index contributed by atoms with van der Waals surface area (Å²) in [7, 11) is 0. The van der Waals surface area contributed by atoms with E-state index in [2.05, 4.69) is 0 Å². The second-order valence-electron chi connectivity index (χ2n) is 3.98. The van der Waals surface area contributed by atoms with Crippen molar-refractivity contribution in [2.45, 2.75) is 19.0 Å². The van der Waals surface area contributed by atoms with Gasteiger partial charge in [0.2, 0.25) is 0 Å². The number of phenols is 2. The summed E-state index contributed by atoms with van der Waals surface area (Å²) in [6.07, 6.45) is -6.39. The van der Waals surface area contributed by atoms with Gasteiger partial charge in [-0.25, -0.2) is 18.0 Å². The van der Waals surface area contributed by atoms with Gasteiger partial charge in [0.25, 0.3) is 6.43 Å². The third-order valence-electron chi connectivity index (χ3n) is 2.58. The average molecular weight is 274 g/mol. The van der Waals surface area contributed by atoms with E-state index >= 15 is 0 Å². The molecular formula is C12H9F3O4. The van der Waals surface area contributed by atoms with Crippen molar-refractivity contribution < 1.29 is 27.8 Å². The summed E-state index contributed by atoms with van der Waals surface area (Å²) in [6.45, 7) is 0. The molecule has 2 aromatic rings. The van der Waals surface area contributed by atoms with E-state index in [0.29, 0.717) is 0 Å². The molecule has 0 amide bonds. The summed E-state index contributed by atoms with van der Waals surface area (Å²) in [5.41, 5.74) is -1.17. The zero-order chi connectivity index (χ0) is 14.2. The molecule has 1 aromatic carbocycles. The van der Waals surface area contributed by atoms with E-state index in [1.807, 2.05) is 0 Å². The zero-order valence-corrected chi connectivity index (χ0v) is 9.44. The van der Waals surface area contributed by atoms with Crippen LogP contribution in [0.2, 0.25) is 0 Å². The van der Waals surface area contributed by atoms with Crippen LogP contribution in [-0.2, 0) is 6.42 Å². The molecule has 19 heavy (non-hydrogen) atoms. The minimum absolute atomic E-state index is 0.0688. The first-order valence-electron chi connectivity index (χ1n) is 5.29. The molecule has 0 aliphatic rings. The number of aromatic hydroxyl groups is 2.